The molecule has 0 radical (unpaired) electrons. The number of hydrogen-bond donors (Lipinski definition) is 1. The van der Waals surface area contributed by atoms with E-state index in [1.54, 1.807) is 12.1 Å². The van der Waals surface area contributed by atoms with Gasteiger partial charge in [-0.1, -0.05) is 39.7 Å². The minimum atomic E-state index is -4.39. The summed E-state index contributed by atoms with van der Waals surface area (Å²) in [5.74, 6) is 0.517. The van der Waals surface area contributed by atoms with Crippen molar-refractivity contribution in [2.75, 3.05) is 17.9 Å². The van der Waals surface area contributed by atoms with Crippen molar-refractivity contribution >= 4 is 48.4 Å². The second-order valence-electron chi connectivity index (χ2n) is 6.00. The van der Waals surface area contributed by atoms with Crippen LogP contribution < -0.4 is 5.73 Å². The molecule has 1 unspecified atom stereocenters. The van der Waals surface area contributed by atoms with Crippen LogP contribution in [0.4, 0.5) is 13.2 Å². The number of alkyl halides is 4. The molecular weight excluding hydrogens is 477 g/mol. The first kappa shape index (κ1) is 21.2. The maximum absolute atomic E-state index is 12.9. The van der Waals surface area contributed by atoms with E-state index in [4.69, 9.17) is 22.1 Å². The number of nitrogens with two attached hydrogens (primary N) is 1. The number of ether oxygens (including phenoxy) is 1. The molecule has 150 valence electrons. The average molecular weight is 494 g/mol. The van der Waals surface area contributed by atoms with E-state index in [1.807, 2.05) is 17.5 Å². The Hall–Kier alpha value is -1.48. The zero-order valence-electron chi connectivity index (χ0n) is 14.5. The second kappa shape index (κ2) is 8.49. The van der Waals surface area contributed by atoms with Gasteiger partial charge in [0.15, 0.2) is 0 Å². The fraction of sp³-hybridized carbons (Fsp3) is 0.211. The maximum atomic E-state index is 12.9. The third-order valence-corrected chi connectivity index (χ3v) is 8.21. The zero-order valence-corrected chi connectivity index (χ0v) is 17.7. The Morgan fingerprint density at radius 2 is 1.86 bits per heavy atom. The third kappa shape index (κ3) is 4.40. The van der Waals surface area contributed by atoms with E-state index in [0.717, 1.165) is 17.7 Å². The Kier molecular flexibility index (Phi) is 6.44. The standard InChI is InChI=1S/C19H17BrClF3N2OS/c20-12-27-8-9-28(16-6-4-14(5-7-16)19(22,23)24)11-17(26-18(28)25)13-2-1-3-15(21)10-13/h1-7,10-11H,8-9,12H2,(H2,25,26). The van der Waals surface area contributed by atoms with E-state index in [2.05, 4.69) is 20.9 Å². The lowest BCUT2D eigenvalue weighted by Gasteiger charge is -2.33. The molecule has 2 aromatic rings. The van der Waals surface area contributed by atoms with Gasteiger partial charge in [-0.3, -0.25) is 0 Å². The van der Waals surface area contributed by atoms with Crippen molar-refractivity contribution in [3.63, 3.8) is 0 Å². The number of amidine groups is 1. The molecule has 1 heterocycles. The van der Waals surface area contributed by atoms with Crippen LogP contribution >= 0.6 is 37.6 Å². The van der Waals surface area contributed by atoms with E-state index in [9.17, 15) is 13.2 Å². The normalized spacial score (nSPS) is 21.8. The molecule has 0 saturated carbocycles. The van der Waals surface area contributed by atoms with Gasteiger partial charge in [0.25, 0.3) is 0 Å². The van der Waals surface area contributed by atoms with Crippen LogP contribution in [-0.4, -0.2) is 23.0 Å². The number of rotatable bonds is 6. The van der Waals surface area contributed by atoms with Gasteiger partial charge in [-0.2, -0.15) is 13.2 Å². The van der Waals surface area contributed by atoms with Gasteiger partial charge in [0, 0.05) is 21.2 Å². The first-order valence-electron chi connectivity index (χ1n) is 8.20. The number of nitrogens with zero attached hydrogens (tertiary/aromatic N) is 1. The molecule has 9 heteroatoms. The summed E-state index contributed by atoms with van der Waals surface area (Å²) in [5.41, 5.74) is 7.45. The molecule has 1 atom stereocenters. The van der Waals surface area contributed by atoms with Crippen LogP contribution in [0.5, 0.6) is 0 Å². The highest BCUT2D eigenvalue weighted by molar-refractivity contribution is 9.09. The van der Waals surface area contributed by atoms with E-state index < -0.39 is 21.8 Å². The zero-order chi connectivity index (χ0) is 20.4. The topological polar surface area (TPSA) is 47.6 Å². The van der Waals surface area contributed by atoms with Crippen molar-refractivity contribution in [3.05, 3.63) is 70.1 Å². The molecule has 0 spiro atoms. The first-order chi connectivity index (χ1) is 13.3. The van der Waals surface area contributed by atoms with E-state index in [0.29, 0.717) is 38.7 Å². The Bertz CT molecular complexity index is 918. The number of halogens is 5. The van der Waals surface area contributed by atoms with Crippen molar-refractivity contribution in [2.45, 2.75) is 11.1 Å². The highest BCUT2D eigenvalue weighted by Gasteiger charge is 2.36. The summed E-state index contributed by atoms with van der Waals surface area (Å²) in [6.45, 7) is 0.386. The van der Waals surface area contributed by atoms with E-state index >= 15 is 0 Å². The minimum absolute atomic E-state index is 0.359. The van der Waals surface area contributed by atoms with Gasteiger partial charge >= 0.3 is 6.18 Å². The van der Waals surface area contributed by atoms with Gasteiger partial charge in [-0.25, -0.2) is 4.99 Å². The monoisotopic (exact) mass is 492 g/mol. The lowest BCUT2D eigenvalue weighted by Crippen LogP contribution is -2.22. The van der Waals surface area contributed by atoms with Crippen molar-refractivity contribution in [1.29, 1.82) is 0 Å². The number of aliphatic imine (C=N–C) groups is 1. The summed E-state index contributed by atoms with van der Waals surface area (Å²) in [4.78, 5) is 5.23. The van der Waals surface area contributed by atoms with Gasteiger partial charge < -0.3 is 10.5 Å². The van der Waals surface area contributed by atoms with Crippen LogP contribution in [-0.2, 0) is 10.9 Å². The van der Waals surface area contributed by atoms with Crippen molar-refractivity contribution in [3.8, 4) is 0 Å². The third-order valence-electron chi connectivity index (χ3n) is 4.27. The molecule has 28 heavy (non-hydrogen) atoms. The first-order valence-corrected chi connectivity index (χ1v) is 11.6. The summed E-state index contributed by atoms with van der Waals surface area (Å²) in [6, 6.07) is 12.3. The molecule has 2 aromatic carbocycles. The largest absolute Gasteiger partial charge is 0.416 e. The Morgan fingerprint density at radius 1 is 1.14 bits per heavy atom. The highest BCUT2D eigenvalue weighted by atomic mass is 79.9. The Morgan fingerprint density at radius 3 is 2.46 bits per heavy atom. The summed E-state index contributed by atoms with van der Waals surface area (Å²) in [5, 5.41) is 2.91. The maximum Gasteiger partial charge on any atom is 0.416 e. The average Bonchev–Trinajstić information content (AvgIpc) is 2.99. The molecule has 2 N–H and O–H groups in total. The van der Waals surface area contributed by atoms with Crippen molar-refractivity contribution in [1.82, 2.24) is 0 Å². The molecule has 1 aliphatic rings. The van der Waals surface area contributed by atoms with Gasteiger partial charge in [-0.15, -0.1) is 10.0 Å². The van der Waals surface area contributed by atoms with Crippen LogP contribution in [0.3, 0.4) is 0 Å². The molecule has 0 amide bonds. The molecule has 0 aliphatic carbocycles. The van der Waals surface area contributed by atoms with Crippen LogP contribution in [0.15, 0.2) is 63.8 Å². The molecular formula is C19H17BrClF3N2OS. The fourth-order valence-corrected chi connectivity index (χ4v) is 6.17. The highest BCUT2D eigenvalue weighted by Crippen LogP contribution is 2.62. The van der Waals surface area contributed by atoms with Gasteiger partial charge in [0.2, 0.25) is 0 Å². The van der Waals surface area contributed by atoms with Gasteiger partial charge in [0.05, 0.1) is 17.9 Å². The van der Waals surface area contributed by atoms with E-state index in [-0.39, 0.29) is 0 Å². The molecule has 0 fully saturated rings. The summed E-state index contributed by atoms with van der Waals surface area (Å²) in [7, 11) is -1.95. The molecule has 3 rings (SSSR count). The van der Waals surface area contributed by atoms with Gasteiger partial charge in [-0.05, 0) is 41.8 Å². The lowest BCUT2D eigenvalue weighted by atomic mass is 10.2. The molecule has 0 bridgehead atoms. The van der Waals surface area contributed by atoms with E-state index in [1.165, 1.54) is 12.1 Å². The predicted molar refractivity (Wildman–Crippen MR) is 113 cm³/mol. The molecule has 0 saturated heterocycles. The molecule has 1 aliphatic heterocycles. The fourth-order valence-electron chi connectivity index (χ4n) is 2.86. The smallest absolute Gasteiger partial charge is 0.379 e. The van der Waals surface area contributed by atoms with Crippen molar-refractivity contribution < 1.29 is 17.9 Å². The summed E-state index contributed by atoms with van der Waals surface area (Å²) in [6.07, 6.45) is -4.39. The lowest BCUT2D eigenvalue weighted by molar-refractivity contribution is -0.137. The molecule has 0 aromatic heterocycles. The Labute approximate surface area is 175 Å². The predicted octanol–water partition coefficient (Wildman–Crippen LogP) is 6.22. The summed E-state index contributed by atoms with van der Waals surface area (Å²) >= 11 is 9.28. The second-order valence-corrected chi connectivity index (χ2v) is 10.0. The number of benzene rings is 2. The summed E-state index contributed by atoms with van der Waals surface area (Å²) < 4.78 is 44.3. The quantitative estimate of drug-likeness (QED) is 0.384. The van der Waals surface area contributed by atoms with Crippen LogP contribution in [0, 0.1) is 0 Å². The minimum Gasteiger partial charge on any atom is -0.379 e. The Balaban J connectivity index is 2.04. The van der Waals surface area contributed by atoms with Crippen LogP contribution in [0.2, 0.25) is 5.02 Å². The van der Waals surface area contributed by atoms with Gasteiger partial charge in [0.1, 0.15) is 10.7 Å². The molecule has 3 nitrogen and oxygen atoms in total. The van der Waals surface area contributed by atoms with Crippen molar-refractivity contribution in [2.24, 2.45) is 10.7 Å². The van der Waals surface area contributed by atoms with Crippen LogP contribution in [0.25, 0.3) is 5.70 Å². The number of hydrogen-bond acceptors (Lipinski definition) is 3. The van der Waals surface area contributed by atoms with Crippen LogP contribution in [0.1, 0.15) is 11.1 Å². The SMILES string of the molecule is NC1=NC(c2cccc(Cl)c2)=CS1(CCOCBr)c1ccc(C(F)(F)F)cc1.